The van der Waals surface area contributed by atoms with Crippen LogP contribution >= 0.6 is 46.6 Å². The predicted molar refractivity (Wildman–Crippen MR) is 110 cm³/mol. The number of H-pyrrole nitrogens is 1. The van der Waals surface area contributed by atoms with Crippen molar-refractivity contribution in [1.82, 2.24) is 4.98 Å². The summed E-state index contributed by atoms with van der Waals surface area (Å²) in [5.41, 5.74) is -1.60. The fraction of sp³-hybridized carbons (Fsp3) is 0.222. The largest absolute Gasteiger partial charge is 0.385 e. The van der Waals surface area contributed by atoms with Crippen LogP contribution in [0.4, 0.5) is 8.78 Å². The Morgan fingerprint density at radius 3 is 2.43 bits per heavy atom. The Labute approximate surface area is 179 Å². The van der Waals surface area contributed by atoms with Crippen molar-refractivity contribution in [2.24, 2.45) is 0 Å². The number of aromatic amines is 1. The van der Waals surface area contributed by atoms with Gasteiger partial charge in [-0.05, 0) is 36.2 Å². The number of rotatable bonds is 6. The third kappa shape index (κ3) is 6.32. The van der Waals surface area contributed by atoms with Gasteiger partial charge in [0.15, 0.2) is 6.29 Å². The summed E-state index contributed by atoms with van der Waals surface area (Å²) >= 11 is 18.0. The molecule has 0 unspecified atom stereocenters. The molecule has 1 heterocycles. The summed E-state index contributed by atoms with van der Waals surface area (Å²) in [5, 5.41) is -3.35. The van der Waals surface area contributed by atoms with E-state index in [0.29, 0.717) is 10.5 Å². The van der Waals surface area contributed by atoms with Crippen LogP contribution in [0.2, 0.25) is 10.0 Å². The summed E-state index contributed by atoms with van der Waals surface area (Å²) in [6.45, 7) is 6.38. The van der Waals surface area contributed by atoms with Gasteiger partial charge in [-0.3, -0.25) is 9.59 Å². The molecule has 1 aromatic carbocycles. The molecule has 2 rings (SSSR count). The third-order valence-electron chi connectivity index (χ3n) is 3.26. The van der Waals surface area contributed by atoms with Crippen molar-refractivity contribution in [3.05, 3.63) is 62.0 Å². The minimum absolute atomic E-state index is 0.0471. The van der Waals surface area contributed by atoms with Crippen LogP contribution < -0.4 is 5.56 Å². The average molecular weight is 471 g/mol. The highest BCUT2D eigenvalue weighted by molar-refractivity contribution is 7.99. The number of halogens is 5. The van der Waals surface area contributed by atoms with Gasteiger partial charge in [0.05, 0.1) is 20.5 Å². The smallest absolute Gasteiger partial charge is 0.362 e. The van der Waals surface area contributed by atoms with Crippen LogP contribution in [0.15, 0.2) is 39.4 Å². The lowest BCUT2D eigenvalue weighted by atomic mass is 10.2. The minimum atomic E-state index is -3.80. The molecule has 0 amide bonds. The SMILES string of the molecule is C=Cc1ccc(Cl)c(Sc2cc(C(F)(F)Cl)[nH]c(=O)c2C=O)c1Cl.CCOC. The normalized spacial score (nSPS) is 10.8. The van der Waals surface area contributed by atoms with E-state index in [2.05, 4.69) is 11.3 Å². The number of aromatic nitrogens is 1. The minimum Gasteiger partial charge on any atom is -0.385 e. The molecule has 0 aliphatic heterocycles. The van der Waals surface area contributed by atoms with Crippen molar-refractivity contribution in [1.29, 1.82) is 0 Å². The van der Waals surface area contributed by atoms with Crippen LogP contribution in [0.25, 0.3) is 6.08 Å². The molecule has 0 bridgehead atoms. The van der Waals surface area contributed by atoms with E-state index >= 15 is 0 Å². The Morgan fingerprint density at radius 2 is 1.96 bits per heavy atom. The third-order valence-corrected chi connectivity index (χ3v) is 5.59. The van der Waals surface area contributed by atoms with Crippen molar-refractivity contribution in [2.75, 3.05) is 13.7 Å². The molecule has 0 saturated heterocycles. The molecule has 0 aliphatic rings. The van der Waals surface area contributed by atoms with E-state index in [9.17, 15) is 18.4 Å². The number of carbonyl (C=O) groups is 1. The first-order valence-corrected chi connectivity index (χ1v) is 9.62. The molecule has 10 heteroatoms. The van der Waals surface area contributed by atoms with E-state index in [1.54, 1.807) is 13.2 Å². The molecule has 0 atom stereocenters. The Kier molecular flexibility index (Phi) is 9.66. The molecule has 4 nitrogen and oxygen atoms in total. The van der Waals surface area contributed by atoms with Crippen LogP contribution in [0, 0.1) is 0 Å². The van der Waals surface area contributed by atoms with E-state index < -0.39 is 16.6 Å². The standard InChI is InChI=1S/C15H8Cl3F2NO2S.C3H8O/c1-2-7-3-4-9(16)13(12(7)17)24-10-5-11(15(18,19)20)21-14(23)8(10)6-22;1-3-4-2/h2-6H,1H2,(H,21,23);3H2,1-2H3. The summed E-state index contributed by atoms with van der Waals surface area (Å²) in [6, 6.07) is 4.08. The first-order valence-electron chi connectivity index (χ1n) is 7.67. The molecular formula is C18H16Cl3F2NO3S. The van der Waals surface area contributed by atoms with Crippen molar-refractivity contribution < 1.29 is 18.3 Å². The van der Waals surface area contributed by atoms with Crippen molar-refractivity contribution in [2.45, 2.75) is 22.1 Å². The predicted octanol–water partition coefficient (Wildman–Crippen LogP) is 6.23. The quantitative estimate of drug-likeness (QED) is 0.402. The zero-order valence-electron chi connectivity index (χ0n) is 14.8. The lowest BCUT2D eigenvalue weighted by Crippen LogP contribution is -2.20. The molecule has 0 aliphatic carbocycles. The number of aldehydes is 1. The van der Waals surface area contributed by atoms with Gasteiger partial charge >= 0.3 is 5.38 Å². The zero-order valence-corrected chi connectivity index (χ0v) is 17.9. The second-order valence-electron chi connectivity index (χ2n) is 5.07. The maximum Gasteiger partial charge on any atom is 0.362 e. The summed E-state index contributed by atoms with van der Waals surface area (Å²) in [5.74, 6) is 0. The van der Waals surface area contributed by atoms with E-state index in [1.807, 2.05) is 11.9 Å². The summed E-state index contributed by atoms with van der Waals surface area (Å²) in [6.07, 6.45) is 1.75. The molecule has 2 aromatic rings. The van der Waals surface area contributed by atoms with E-state index in [4.69, 9.17) is 34.8 Å². The summed E-state index contributed by atoms with van der Waals surface area (Å²) in [4.78, 5) is 25.1. The van der Waals surface area contributed by atoms with E-state index in [-0.39, 0.29) is 26.8 Å². The first-order chi connectivity index (χ1) is 13.1. The van der Waals surface area contributed by atoms with Crippen molar-refractivity contribution in [3.8, 4) is 0 Å². The molecule has 28 heavy (non-hydrogen) atoms. The van der Waals surface area contributed by atoms with Gasteiger partial charge < -0.3 is 9.72 Å². The molecule has 1 aromatic heterocycles. The monoisotopic (exact) mass is 469 g/mol. The molecule has 0 radical (unpaired) electrons. The zero-order chi connectivity index (χ0) is 21.5. The molecule has 0 saturated carbocycles. The van der Waals surface area contributed by atoms with Crippen LogP contribution in [0.3, 0.4) is 0 Å². The highest BCUT2D eigenvalue weighted by atomic mass is 35.5. The Hall–Kier alpha value is -1.38. The van der Waals surface area contributed by atoms with Gasteiger partial charge in [-0.25, -0.2) is 0 Å². The van der Waals surface area contributed by atoms with E-state index in [1.165, 1.54) is 12.1 Å². The molecule has 1 N–H and O–H groups in total. The fourth-order valence-corrected chi connectivity index (χ4v) is 3.61. The molecular weight excluding hydrogens is 455 g/mol. The number of alkyl halides is 3. The first kappa shape index (κ1) is 24.7. The van der Waals surface area contributed by atoms with Crippen LogP contribution in [-0.4, -0.2) is 25.0 Å². The van der Waals surface area contributed by atoms with Crippen LogP contribution in [0.5, 0.6) is 0 Å². The van der Waals surface area contributed by atoms with Crippen LogP contribution in [0.1, 0.15) is 28.5 Å². The number of hydrogen-bond acceptors (Lipinski definition) is 4. The van der Waals surface area contributed by atoms with Crippen molar-refractivity contribution in [3.63, 3.8) is 0 Å². The van der Waals surface area contributed by atoms with Gasteiger partial charge in [-0.2, -0.15) is 8.78 Å². The number of methoxy groups -OCH3 is 1. The highest BCUT2D eigenvalue weighted by Crippen LogP contribution is 2.42. The van der Waals surface area contributed by atoms with Gasteiger partial charge in [0.2, 0.25) is 0 Å². The number of benzene rings is 1. The Morgan fingerprint density at radius 1 is 1.36 bits per heavy atom. The topological polar surface area (TPSA) is 59.2 Å². The van der Waals surface area contributed by atoms with Gasteiger partial charge in [-0.1, -0.05) is 53.7 Å². The maximum absolute atomic E-state index is 13.3. The highest BCUT2D eigenvalue weighted by Gasteiger charge is 2.31. The maximum atomic E-state index is 13.3. The number of carbonyl (C=O) groups excluding carboxylic acids is 1. The number of ether oxygens (including phenoxy) is 1. The van der Waals surface area contributed by atoms with Crippen LogP contribution in [-0.2, 0) is 10.1 Å². The second kappa shape index (κ2) is 11.0. The Bertz CT molecular complexity index is 912. The Balaban J connectivity index is 0.000000892. The lowest BCUT2D eigenvalue weighted by Gasteiger charge is -2.13. The number of pyridine rings is 1. The average Bonchev–Trinajstić information content (AvgIpc) is 2.64. The van der Waals surface area contributed by atoms with E-state index in [0.717, 1.165) is 24.4 Å². The van der Waals surface area contributed by atoms with Crippen molar-refractivity contribution >= 4 is 58.9 Å². The van der Waals surface area contributed by atoms with Gasteiger partial charge in [0, 0.05) is 18.6 Å². The van der Waals surface area contributed by atoms with Gasteiger partial charge in [0.1, 0.15) is 5.69 Å². The number of nitrogens with one attached hydrogen (secondary N) is 1. The summed E-state index contributed by atoms with van der Waals surface area (Å²) < 4.78 is 31.1. The molecule has 0 fully saturated rings. The molecule has 0 spiro atoms. The second-order valence-corrected chi connectivity index (χ2v) is 7.38. The molecule has 152 valence electrons. The number of hydrogen-bond donors (Lipinski definition) is 1. The van der Waals surface area contributed by atoms with Gasteiger partial charge in [-0.15, -0.1) is 0 Å². The fourth-order valence-electron chi connectivity index (χ4n) is 1.80. The van der Waals surface area contributed by atoms with Gasteiger partial charge in [0.25, 0.3) is 5.56 Å². The summed E-state index contributed by atoms with van der Waals surface area (Å²) in [7, 11) is 1.68. The lowest BCUT2D eigenvalue weighted by molar-refractivity contribution is 0.0891.